The molecule has 5 heteroatoms. The predicted molar refractivity (Wildman–Crippen MR) is 64.2 cm³/mol. The number of hydrogen-bond donors (Lipinski definition) is 1. The third-order valence-electron chi connectivity index (χ3n) is 1.85. The van der Waals surface area contributed by atoms with Crippen molar-refractivity contribution in [3.05, 3.63) is 32.0 Å². The fourth-order valence-corrected chi connectivity index (χ4v) is 3.83. The minimum Gasteiger partial charge on any atom is -0.478 e. The van der Waals surface area contributed by atoms with Crippen LogP contribution in [-0.2, 0) is 0 Å². The Morgan fingerprint density at radius 2 is 2.14 bits per heavy atom. The van der Waals surface area contributed by atoms with Crippen LogP contribution in [0.25, 0.3) is 10.1 Å². The summed E-state index contributed by atoms with van der Waals surface area (Å²) < 4.78 is 2.21. The Balaban J connectivity index is 2.89. The van der Waals surface area contributed by atoms with Gasteiger partial charge in [0, 0.05) is 9.17 Å². The molecule has 0 aliphatic heterocycles. The number of benzene rings is 1. The van der Waals surface area contributed by atoms with Crippen LogP contribution in [0, 0.1) is 0 Å². The first-order chi connectivity index (χ1) is 6.61. The highest BCUT2D eigenvalue weighted by atomic mass is 79.9. The minimum atomic E-state index is -0.931. The number of hydrogen-bond acceptors (Lipinski definition) is 2. The van der Waals surface area contributed by atoms with E-state index < -0.39 is 5.97 Å². The van der Waals surface area contributed by atoms with Gasteiger partial charge in [0.25, 0.3) is 0 Å². The summed E-state index contributed by atoms with van der Waals surface area (Å²) in [6, 6.07) is 3.78. The van der Waals surface area contributed by atoms with Gasteiger partial charge >= 0.3 is 5.97 Å². The first kappa shape index (κ1) is 10.1. The molecule has 0 spiro atoms. The molecule has 1 aromatic carbocycles. The van der Waals surface area contributed by atoms with E-state index in [1.165, 1.54) is 11.3 Å². The second-order valence-corrected chi connectivity index (χ2v) is 5.25. The highest BCUT2D eigenvalue weighted by Crippen LogP contribution is 2.36. The Morgan fingerprint density at radius 3 is 2.79 bits per heavy atom. The lowest BCUT2D eigenvalue weighted by atomic mass is 10.2. The van der Waals surface area contributed by atoms with E-state index in [1.54, 1.807) is 0 Å². The van der Waals surface area contributed by atoms with Crippen molar-refractivity contribution in [1.29, 1.82) is 0 Å². The summed E-state index contributed by atoms with van der Waals surface area (Å²) >= 11 is 8.08. The van der Waals surface area contributed by atoms with Crippen LogP contribution in [0.3, 0.4) is 0 Å². The number of carboxylic acids is 1. The lowest BCUT2D eigenvalue weighted by Gasteiger charge is -2.03. The van der Waals surface area contributed by atoms with E-state index in [9.17, 15) is 4.79 Å². The lowest BCUT2D eigenvalue weighted by molar-refractivity contribution is 0.0695. The van der Waals surface area contributed by atoms with E-state index in [4.69, 9.17) is 5.11 Å². The van der Waals surface area contributed by atoms with Gasteiger partial charge in [0.1, 0.15) is 0 Å². The molecule has 0 saturated heterocycles. The zero-order chi connectivity index (χ0) is 10.3. The smallest absolute Gasteiger partial charge is 0.338 e. The second-order valence-electron chi connectivity index (χ2n) is 2.69. The molecule has 0 unspecified atom stereocenters. The summed E-state index contributed by atoms with van der Waals surface area (Å²) in [6.45, 7) is 0. The maximum absolute atomic E-state index is 11.0. The van der Waals surface area contributed by atoms with Gasteiger partial charge in [-0.2, -0.15) is 0 Å². The average Bonchev–Trinajstić information content (AvgIpc) is 2.50. The molecular formula is C9H4Br2O2S. The molecule has 0 atom stereocenters. The van der Waals surface area contributed by atoms with Gasteiger partial charge in [0.2, 0.25) is 0 Å². The maximum atomic E-state index is 11.0. The van der Waals surface area contributed by atoms with E-state index >= 15 is 0 Å². The van der Waals surface area contributed by atoms with E-state index in [0.29, 0.717) is 8.95 Å². The molecule has 0 fully saturated rings. The maximum Gasteiger partial charge on any atom is 0.338 e. The Labute approximate surface area is 101 Å². The van der Waals surface area contributed by atoms with E-state index in [1.807, 2.05) is 17.5 Å². The monoisotopic (exact) mass is 334 g/mol. The number of thiophene rings is 1. The quantitative estimate of drug-likeness (QED) is 0.851. The van der Waals surface area contributed by atoms with Crippen LogP contribution in [-0.4, -0.2) is 11.1 Å². The number of carbonyl (C=O) groups is 1. The molecule has 1 N–H and O–H groups in total. The molecule has 0 amide bonds. The zero-order valence-electron chi connectivity index (χ0n) is 6.75. The topological polar surface area (TPSA) is 37.3 Å². The summed E-state index contributed by atoms with van der Waals surface area (Å²) in [5, 5.41) is 12.0. The molecular weight excluding hydrogens is 332 g/mol. The van der Waals surface area contributed by atoms with E-state index in [-0.39, 0.29) is 5.56 Å². The minimum absolute atomic E-state index is 0.278. The lowest BCUT2D eigenvalue weighted by Crippen LogP contribution is -1.98. The van der Waals surface area contributed by atoms with Gasteiger partial charge in [-0.25, -0.2) is 4.79 Å². The van der Waals surface area contributed by atoms with Gasteiger partial charge in [0.15, 0.2) is 0 Å². The van der Waals surface area contributed by atoms with Crippen molar-refractivity contribution >= 4 is 59.3 Å². The van der Waals surface area contributed by atoms with Crippen molar-refractivity contribution in [2.45, 2.75) is 0 Å². The number of fused-ring (bicyclic) bond motifs is 1. The van der Waals surface area contributed by atoms with Gasteiger partial charge in [-0.15, -0.1) is 11.3 Å². The SMILES string of the molecule is O=C(O)c1c(Br)cc2ccsc2c1Br. The Morgan fingerprint density at radius 1 is 1.43 bits per heavy atom. The molecule has 1 heterocycles. The highest BCUT2D eigenvalue weighted by molar-refractivity contribution is 9.11. The van der Waals surface area contributed by atoms with Gasteiger partial charge in [0.05, 0.1) is 10.0 Å². The number of carboxylic acid groups (broad SMARTS) is 1. The summed E-state index contributed by atoms with van der Waals surface area (Å²) in [5.41, 5.74) is 0.278. The zero-order valence-corrected chi connectivity index (χ0v) is 10.7. The molecule has 0 radical (unpaired) electrons. The molecule has 0 aliphatic carbocycles. The van der Waals surface area contributed by atoms with Crippen molar-refractivity contribution in [3.63, 3.8) is 0 Å². The largest absolute Gasteiger partial charge is 0.478 e. The third kappa shape index (κ3) is 1.49. The van der Waals surface area contributed by atoms with Crippen molar-refractivity contribution in [3.8, 4) is 0 Å². The van der Waals surface area contributed by atoms with Crippen molar-refractivity contribution in [1.82, 2.24) is 0 Å². The Kier molecular flexibility index (Phi) is 2.64. The first-order valence-corrected chi connectivity index (χ1v) is 6.16. The number of halogens is 2. The van der Waals surface area contributed by atoms with E-state index in [2.05, 4.69) is 31.9 Å². The van der Waals surface area contributed by atoms with Gasteiger partial charge in [-0.1, -0.05) is 0 Å². The van der Waals surface area contributed by atoms with Crippen molar-refractivity contribution < 1.29 is 9.90 Å². The molecule has 0 aliphatic rings. The van der Waals surface area contributed by atoms with Crippen molar-refractivity contribution in [2.75, 3.05) is 0 Å². The standard InChI is InChI=1S/C9H4Br2O2S/c10-5-3-4-1-2-14-8(4)7(11)6(5)9(12)13/h1-3H,(H,12,13). The molecule has 0 bridgehead atoms. The third-order valence-corrected chi connectivity index (χ3v) is 4.48. The van der Waals surface area contributed by atoms with E-state index in [0.717, 1.165) is 10.1 Å². The van der Waals surface area contributed by atoms with Crippen molar-refractivity contribution in [2.24, 2.45) is 0 Å². The number of rotatable bonds is 1. The summed E-state index contributed by atoms with van der Waals surface area (Å²) in [6.07, 6.45) is 0. The van der Waals surface area contributed by atoms with Crippen LogP contribution in [0.15, 0.2) is 26.5 Å². The fourth-order valence-electron chi connectivity index (χ4n) is 1.23. The summed E-state index contributed by atoms with van der Waals surface area (Å²) in [5.74, 6) is -0.931. The second kappa shape index (κ2) is 3.64. The van der Waals surface area contributed by atoms with Crippen LogP contribution in [0.5, 0.6) is 0 Å². The Bertz CT molecular complexity index is 519. The number of aromatic carboxylic acids is 1. The molecule has 0 saturated carbocycles. The normalized spacial score (nSPS) is 10.7. The molecule has 72 valence electrons. The molecule has 2 rings (SSSR count). The van der Waals surface area contributed by atoms with Crippen LogP contribution >= 0.6 is 43.2 Å². The highest BCUT2D eigenvalue weighted by Gasteiger charge is 2.16. The van der Waals surface area contributed by atoms with Gasteiger partial charge < -0.3 is 5.11 Å². The molecule has 14 heavy (non-hydrogen) atoms. The summed E-state index contributed by atoms with van der Waals surface area (Å²) in [7, 11) is 0. The fraction of sp³-hybridized carbons (Fsp3) is 0. The van der Waals surface area contributed by atoms with Crippen LogP contribution in [0.2, 0.25) is 0 Å². The predicted octanol–water partition coefficient (Wildman–Crippen LogP) is 4.12. The first-order valence-electron chi connectivity index (χ1n) is 3.69. The molecule has 2 nitrogen and oxygen atoms in total. The van der Waals surface area contributed by atoms with Crippen LogP contribution in [0.4, 0.5) is 0 Å². The van der Waals surface area contributed by atoms with Gasteiger partial charge in [-0.3, -0.25) is 0 Å². The average molecular weight is 336 g/mol. The molecule has 1 aromatic heterocycles. The van der Waals surface area contributed by atoms with Gasteiger partial charge in [-0.05, 0) is 54.8 Å². The van der Waals surface area contributed by atoms with Crippen LogP contribution < -0.4 is 0 Å². The van der Waals surface area contributed by atoms with Crippen LogP contribution in [0.1, 0.15) is 10.4 Å². The summed E-state index contributed by atoms with van der Waals surface area (Å²) in [4.78, 5) is 11.0. The Hall–Kier alpha value is -0.390. The molecule has 2 aromatic rings.